The third kappa shape index (κ3) is 2.33. The molecule has 1 heterocycles. The molecule has 0 radical (unpaired) electrons. The first-order valence-electron chi connectivity index (χ1n) is 5.17. The van der Waals surface area contributed by atoms with Crippen LogP contribution in [0.4, 0.5) is 5.69 Å². The monoisotopic (exact) mass is 243 g/mol. The van der Waals surface area contributed by atoms with Gasteiger partial charge in [-0.25, -0.2) is 0 Å². The summed E-state index contributed by atoms with van der Waals surface area (Å²) in [6.45, 7) is 3.54. The van der Waals surface area contributed by atoms with Crippen molar-refractivity contribution in [3.63, 3.8) is 0 Å². The summed E-state index contributed by atoms with van der Waals surface area (Å²) in [7, 11) is 0. The number of anilines is 1. The van der Waals surface area contributed by atoms with Gasteiger partial charge in [-0.1, -0.05) is 11.6 Å². The van der Waals surface area contributed by atoms with E-state index < -0.39 is 0 Å². The van der Waals surface area contributed by atoms with E-state index in [0.29, 0.717) is 42.0 Å². The highest BCUT2D eigenvalue weighted by atomic mass is 35.5. The molecule has 1 aliphatic heterocycles. The predicted octanol–water partition coefficient (Wildman–Crippen LogP) is 2.10. The van der Waals surface area contributed by atoms with Gasteiger partial charge in [0.2, 0.25) is 0 Å². The summed E-state index contributed by atoms with van der Waals surface area (Å²) in [5.74, 6) is 1.14. The van der Waals surface area contributed by atoms with Crippen LogP contribution in [-0.2, 0) is 4.74 Å². The number of nitrogens with two attached hydrogens (primary N) is 1. The van der Waals surface area contributed by atoms with Crippen molar-refractivity contribution in [2.75, 3.05) is 25.6 Å². The molecule has 1 aromatic rings. The van der Waals surface area contributed by atoms with Gasteiger partial charge < -0.3 is 19.9 Å². The molecule has 1 aliphatic rings. The van der Waals surface area contributed by atoms with Crippen LogP contribution >= 0.6 is 11.6 Å². The van der Waals surface area contributed by atoms with Gasteiger partial charge in [0.15, 0.2) is 17.6 Å². The SMILES string of the molecule is CCOCC1COc2c(Cl)cc(N)cc2O1. The van der Waals surface area contributed by atoms with Crippen molar-refractivity contribution in [2.45, 2.75) is 13.0 Å². The number of benzene rings is 1. The molecule has 4 nitrogen and oxygen atoms in total. The minimum absolute atomic E-state index is 0.106. The van der Waals surface area contributed by atoms with Crippen LogP contribution in [0.5, 0.6) is 11.5 Å². The largest absolute Gasteiger partial charge is 0.484 e. The Bertz CT molecular complexity index is 384. The van der Waals surface area contributed by atoms with Crippen LogP contribution in [0.2, 0.25) is 5.02 Å². The normalized spacial score (nSPS) is 18.5. The Morgan fingerprint density at radius 1 is 1.56 bits per heavy atom. The van der Waals surface area contributed by atoms with Crippen LogP contribution in [0, 0.1) is 0 Å². The first kappa shape index (κ1) is 11.4. The number of fused-ring (bicyclic) bond motifs is 1. The number of hydrogen-bond acceptors (Lipinski definition) is 4. The van der Waals surface area contributed by atoms with Gasteiger partial charge in [0, 0.05) is 18.4 Å². The molecule has 1 aromatic carbocycles. The average Bonchev–Trinajstić information content (AvgIpc) is 2.25. The lowest BCUT2D eigenvalue weighted by Gasteiger charge is -2.27. The van der Waals surface area contributed by atoms with Gasteiger partial charge in [0.1, 0.15) is 6.61 Å². The van der Waals surface area contributed by atoms with E-state index in [4.69, 9.17) is 31.5 Å². The summed E-state index contributed by atoms with van der Waals surface area (Å²) in [4.78, 5) is 0. The van der Waals surface area contributed by atoms with Gasteiger partial charge in [0.05, 0.1) is 11.6 Å². The third-order valence-electron chi connectivity index (χ3n) is 2.25. The number of rotatable bonds is 3. The molecule has 2 N–H and O–H groups in total. The quantitative estimate of drug-likeness (QED) is 0.826. The van der Waals surface area contributed by atoms with Crippen molar-refractivity contribution in [3.05, 3.63) is 17.2 Å². The van der Waals surface area contributed by atoms with Gasteiger partial charge in [-0.3, -0.25) is 0 Å². The highest BCUT2D eigenvalue weighted by Gasteiger charge is 2.23. The molecule has 1 unspecified atom stereocenters. The topological polar surface area (TPSA) is 53.7 Å². The molecule has 2 rings (SSSR count). The van der Waals surface area contributed by atoms with Crippen LogP contribution in [0.25, 0.3) is 0 Å². The molecule has 0 bridgehead atoms. The van der Waals surface area contributed by atoms with Crippen molar-refractivity contribution in [1.82, 2.24) is 0 Å². The third-order valence-corrected chi connectivity index (χ3v) is 2.53. The van der Waals surface area contributed by atoms with Crippen LogP contribution < -0.4 is 15.2 Å². The molecule has 5 heteroatoms. The molecule has 0 fully saturated rings. The minimum atomic E-state index is -0.106. The molecule has 0 spiro atoms. The molecule has 0 saturated heterocycles. The lowest BCUT2D eigenvalue weighted by atomic mass is 10.2. The van der Waals surface area contributed by atoms with Gasteiger partial charge in [-0.05, 0) is 13.0 Å². The van der Waals surface area contributed by atoms with E-state index >= 15 is 0 Å². The lowest BCUT2D eigenvalue weighted by Crippen LogP contribution is -2.33. The molecule has 0 aromatic heterocycles. The van der Waals surface area contributed by atoms with Crippen LogP contribution in [0.1, 0.15) is 6.92 Å². The van der Waals surface area contributed by atoms with Crippen molar-refractivity contribution in [3.8, 4) is 11.5 Å². The maximum absolute atomic E-state index is 5.98. The molecule has 0 amide bonds. The van der Waals surface area contributed by atoms with E-state index in [2.05, 4.69) is 0 Å². The molecular formula is C11H14ClNO3. The van der Waals surface area contributed by atoms with Gasteiger partial charge >= 0.3 is 0 Å². The van der Waals surface area contributed by atoms with Crippen LogP contribution in [0.3, 0.4) is 0 Å². The molecule has 0 saturated carbocycles. The average molecular weight is 244 g/mol. The second-order valence-electron chi connectivity index (χ2n) is 3.54. The second kappa shape index (κ2) is 4.80. The lowest BCUT2D eigenvalue weighted by molar-refractivity contribution is 0.0129. The Kier molecular flexibility index (Phi) is 3.41. The van der Waals surface area contributed by atoms with Crippen molar-refractivity contribution in [1.29, 1.82) is 0 Å². The number of nitrogen functional groups attached to an aromatic ring is 1. The zero-order valence-electron chi connectivity index (χ0n) is 9.03. The highest BCUT2D eigenvalue weighted by molar-refractivity contribution is 6.32. The summed E-state index contributed by atoms with van der Waals surface area (Å²) in [5.41, 5.74) is 6.24. The maximum Gasteiger partial charge on any atom is 0.180 e. The zero-order chi connectivity index (χ0) is 11.5. The summed E-state index contributed by atoms with van der Waals surface area (Å²) in [5, 5.41) is 0.477. The van der Waals surface area contributed by atoms with Crippen LogP contribution in [-0.4, -0.2) is 25.9 Å². The molecule has 88 valence electrons. The van der Waals surface area contributed by atoms with E-state index in [9.17, 15) is 0 Å². The standard InChI is InChI=1S/C11H14ClNO3/c1-2-14-5-8-6-15-11-9(12)3-7(13)4-10(11)16-8/h3-4,8H,2,5-6,13H2,1H3. The fraction of sp³-hybridized carbons (Fsp3) is 0.455. The smallest absolute Gasteiger partial charge is 0.180 e. The van der Waals surface area contributed by atoms with Crippen molar-refractivity contribution >= 4 is 17.3 Å². The fourth-order valence-electron chi connectivity index (χ4n) is 1.54. The molecule has 16 heavy (non-hydrogen) atoms. The number of ether oxygens (including phenoxy) is 3. The van der Waals surface area contributed by atoms with Gasteiger partial charge in [0.25, 0.3) is 0 Å². The summed E-state index contributed by atoms with van der Waals surface area (Å²) >= 11 is 5.98. The van der Waals surface area contributed by atoms with Crippen LogP contribution in [0.15, 0.2) is 12.1 Å². The van der Waals surface area contributed by atoms with E-state index in [1.54, 1.807) is 12.1 Å². The zero-order valence-corrected chi connectivity index (χ0v) is 9.79. The number of halogens is 1. The fourth-order valence-corrected chi connectivity index (χ4v) is 1.81. The summed E-state index contributed by atoms with van der Waals surface area (Å²) in [6.07, 6.45) is -0.106. The van der Waals surface area contributed by atoms with E-state index in [-0.39, 0.29) is 6.10 Å². The highest BCUT2D eigenvalue weighted by Crippen LogP contribution is 2.40. The summed E-state index contributed by atoms with van der Waals surface area (Å²) < 4.78 is 16.5. The predicted molar refractivity (Wildman–Crippen MR) is 62.3 cm³/mol. The maximum atomic E-state index is 5.98. The van der Waals surface area contributed by atoms with Gasteiger partial charge in [-0.2, -0.15) is 0 Å². The molecular weight excluding hydrogens is 230 g/mol. The Morgan fingerprint density at radius 3 is 3.12 bits per heavy atom. The van der Waals surface area contributed by atoms with Crippen molar-refractivity contribution in [2.24, 2.45) is 0 Å². The Morgan fingerprint density at radius 2 is 2.38 bits per heavy atom. The summed E-state index contributed by atoms with van der Waals surface area (Å²) in [6, 6.07) is 3.35. The van der Waals surface area contributed by atoms with E-state index in [0.717, 1.165) is 0 Å². The second-order valence-corrected chi connectivity index (χ2v) is 3.95. The molecule has 1 atom stereocenters. The first-order valence-corrected chi connectivity index (χ1v) is 5.54. The van der Waals surface area contributed by atoms with E-state index in [1.807, 2.05) is 6.92 Å². The Labute approximate surface area is 99.2 Å². The Balaban J connectivity index is 2.13. The minimum Gasteiger partial charge on any atom is -0.484 e. The van der Waals surface area contributed by atoms with Gasteiger partial charge in [-0.15, -0.1) is 0 Å². The number of hydrogen-bond donors (Lipinski definition) is 1. The Hall–Kier alpha value is -1.13. The first-order chi connectivity index (χ1) is 7.70. The van der Waals surface area contributed by atoms with E-state index in [1.165, 1.54) is 0 Å². The van der Waals surface area contributed by atoms with Crippen molar-refractivity contribution < 1.29 is 14.2 Å². The molecule has 0 aliphatic carbocycles.